The van der Waals surface area contributed by atoms with Crippen LogP contribution in [0, 0.1) is 23.7 Å². The smallest absolute Gasteiger partial charge is 0.148 e. The molecule has 0 spiro atoms. The van der Waals surface area contributed by atoms with Gasteiger partial charge in [0.25, 0.3) is 0 Å². The van der Waals surface area contributed by atoms with Crippen molar-refractivity contribution >= 4 is 0 Å². The van der Waals surface area contributed by atoms with Gasteiger partial charge in [-0.15, -0.1) is 6.42 Å². The monoisotopic (exact) mass is 242 g/mol. The highest BCUT2D eigenvalue weighted by Gasteiger charge is 2.01. The fraction of sp³-hybridized carbons (Fsp3) is 0.400. The first-order chi connectivity index (χ1) is 8.88. The lowest BCUT2D eigenvalue weighted by Gasteiger charge is -2.10. The maximum absolute atomic E-state index is 8.42. The maximum atomic E-state index is 8.42. The van der Waals surface area contributed by atoms with Crippen LogP contribution in [-0.4, -0.2) is 13.2 Å². The number of rotatable bonds is 8. The van der Waals surface area contributed by atoms with E-state index in [2.05, 4.69) is 17.3 Å². The van der Waals surface area contributed by atoms with Crippen molar-refractivity contribution in [2.45, 2.75) is 25.8 Å². The maximum Gasteiger partial charge on any atom is 0.148 e. The summed E-state index contributed by atoms with van der Waals surface area (Å²) >= 11 is 0. The molecule has 94 valence electrons. The quantitative estimate of drug-likeness (QED) is 0.562. The molecule has 3 heteroatoms. The fourth-order valence-electron chi connectivity index (χ4n) is 1.59. The molecule has 0 aromatic heterocycles. The summed E-state index contributed by atoms with van der Waals surface area (Å²) in [4.78, 5) is 0. The minimum absolute atomic E-state index is 0.291. The topological polar surface area (TPSA) is 45.0 Å². The Morgan fingerprint density at radius 1 is 1.28 bits per heavy atom. The predicted molar refractivity (Wildman–Crippen MR) is 71.9 cm³/mol. The molecular formula is C15H18N2O. The molecule has 0 amide bonds. The fourth-order valence-corrected chi connectivity index (χ4v) is 1.59. The number of hydrogen-bond acceptors (Lipinski definition) is 3. The van der Waals surface area contributed by atoms with Gasteiger partial charge in [0.2, 0.25) is 0 Å². The summed E-state index contributed by atoms with van der Waals surface area (Å²) in [6.45, 7) is 1.96. The Morgan fingerprint density at radius 2 is 2.11 bits per heavy atom. The van der Waals surface area contributed by atoms with E-state index in [1.807, 2.05) is 24.3 Å². The van der Waals surface area contributed by atoms with Crippen molar-refractivity contribution in [3.63, 3.8) is 0 Å². The average Bonchev–Trinajstić information content (AvgIpc) is 2.41. The Labute approximate surface area is 109 Å². The van der Waals surface area contributed by atoms with E-state index in [-0.39, 0.29) is 0 Å². The van der Waals surface area contributed by atoms with E-state index in [1.54, 1.807) is 0 Å². The second-order valence-electron chi connectivity index (χ2n) is 3.89. The van der Waals surface area contributed by atoms with E-state index >= 15 is 0 Å². The van der Waals surface area contributed by atoms with Crippen LogP contribution in [0.1, 0.15) is 24.8 Å². The molecule has 0 aliphatic heterocycles. The van der Waals surface area contributed by atoms with Crippen molar-refractivity contribution in [2.75, 3.05) is 13.2 Å². The van der Waals surface area contributed by atoms with Crippen molar-refractivity contribution in [3.05, 3.63) is 29.8 Å². The van der Waals surface area contributed by atoms with Crippen molar-refractivity contribution in [1.82, 2.24) is 5.32 Å². The van der Waals surface area contributed by atoms with E-state index < -0.39 is 0 Å². The number of benzene rings is 1. The molecule has 1 aromatic carbocycles. The summed E-state index contributed by atoms with van der Waals surface area (Å²) in [5, 5.41) is 11.8. The first-order valence-corrected chi connectivity index (χ1v) is 6.10. The Kier molecular flexibility index (Phi) is 7.13. The standard InChI is InChI=1S/C15H18N2O/c1-2-12-18-15-9-5-4-8-14(15)13-17-11-7-3-6-10-16/h1,4-5,8-9,17H,3,6-7,11-13H2. The molecule has 0 heterocycles. The molecule has 0 aliphatic carbocycles. The van der Waals surface area contributed by atoms with Gasteiger partial charge >= 0.3 is 0 Å². The van der Waals surface area contributed by atoms with Gasteiger partial charge in [-0.1, -0.05) is 24.1 Å². The third-order valence-corrected chi connectivity index (χ3v) is 2.49. The minimum atomic E-state index is 0.291. The molecule has 0 aliphatic rings. The third-order valence-electron chi connectivity index (χ3n) is 2.49. The highest BCUT2D eigenvalue weighted by molar-refractivity contribution is 5.33. The van der Waals surface area contributed by atoms with Gasteiger partial charge in [0.05, 0.1) is 6.07 Å². The predicted octanol–water partition coefficient (Wildman–Crippen LogP) is 2.48. The van der Waals surface area contributed by atoms with Crippen LogP contribution in [-0.2, 0) is 6.54 Å². The van der Waals surface area contributed by atoms with Crippen molar-refractivity contribution in [3.8, 4) is 24.2 Å². The summed E-state index contributed by atoms with van der Waals surface area (Å²) in [6, 6.07) is 10.00. The molecule has 0 saturated heterocycles. The first-order valence-electron chi connectivity index (χ1n) is 6.10. The molecule has 0 fully saturated rings. The molecule has 1 rings (SSSR count). The Bertz CT molecular complexity index is 429. The van der Waals surface area contributed by atoms with Crippen LogP contribution in [0.2, 0.25) is 0 Å². The summed E-state index contributed by atoms with van der Waals surface area (Å²) < 4.78 is 5.46. The molecular weight excluding hydrogens is 224 g/mol. The molecule has 1 N–H and O–H groups in total. The van der Waals surface area contributed by atoms with Gasteiger partial charge in [-0.3, -0.25) is 0 Å². The van der Waals surface area contributed by atoms with Crippen molar-refractivity contribution < 1.29 is 4.74 Å². The summed E-state index contributed by atoms with van der Waals surface area (Å²) in [5.74, 6) is 3.29. The normalized spacial score (nSPS) is 9.44. The van der Waals surface area contributed by atoms with Crippen LogP contribution in [0.4, 0.5) is 0 Å². The van der Waals surface area contributed by atoms with Crippen LogP contribution in [0.15, 0.2) is 24.3 Å². The first kappa shape index (κ1) is 14.1. The highest BCUT2D eigenvalue weighted by Crippen LogP contribution is 2.17. The second kappa shape index (κ2) is 9.10. The lowest BCUT2D eigenvalue weighted by atomic mass is 10.2. The van der Waals surface area contributed by atoms with Crippen LogP contribution in [0.3, 0.4) is 0 Å². The van der Waals surface area contributed by atoms with E-state index in [1.165, 1.54) is 0 Å². The van der Waals surface area contributed by atoms with Crippen molar-refractivity contribution in [2.24, 2.45) is 0 Å². The highest BCUT2D eigenvalue weighted by atomic mass is 16.5. The number of nitrogens with one attached hydrogen (secondary N) is 1. The summed E-state index contributed by atoms with van der Waals surface area (Å²) in [6.07, 6.45) is 7.76. The number of unbranched alkanes of at least 4 members (excludes halogenated alkanes) is 2. The average molecular weight is 242 g/mol. The van der Waals surface area contributed by atoms with Crippen LogP contribution >= 0.6 is 0 Å². The number of para-hydroxylation sites is 1. The zero-order valence-electron chi connectivity index (χ0n) is 10.5. The summed E-state index contributed by atoms with van der Waals surface area (Å²) in [7, 11) is 0. The van der Waals surface area contributed by atoms with Gasteiger partial charge in [-0.25, -0.2) is 0 Å². The molecule has 0 unspecified atom stereocenters. The molecule has 0 bridgehead atoms. The molecule has 0 saturated carbocycles. The Hall–Kier alpha value is -1.97. The van der Waals surface area contributed by atoms with Gasteiger partial charge < -0.3 is 10.1 Å². The number of nitrogens with zero attached hydrogens (tertiary/aromatic N) is 1. The second-order valence-corrected chi connectivity index (χ2v) is 3.89. The largest absolute Gasteiger partial charge is 0.481 e. The van der Waals surface area contributed by atoms with E-state index in [0.717, 1.165) is 37.2 Å². The van der Waals surface area contributed by atoms with Gasteiger partial charge in [-0.05, 0) is 25.5 Å². The van der Waals surface area contributed by atoms with E-state index in [4.69, 9.17) is 16.4 Å². The van der Waals surface area contributed by atoms with Crippen LogP contribution < -0.4 is 10.1 Å². The molecule has 0 atom stereocenters. The van der Waals surface area contributed by atoms with Crippen LogP contribution in [0.25, 0.3) is 0 Å². The van der Waals surface area contributed by atoms with E-state index in [9.17, 15) is 0 Å². The molecule has 1 aromatic rings. The van der Waals surface area contributed by atoms with Gasteiger partial charge in [0.1, 0.15) is 12.4 Å². The number of ether oxygens (including phenoxy) is 1. The Morgan fingerprint density at radius 3 is 2.89 bits per heavy atom. The lowest BCUT2D eigenvalue weighted by molar-refractivity contribution is 0.364. The zero-order valence-corrected chi connectivity index (χ0v) is 10.5. The van der Waals surface area contributed by atoms with Gasteiger partial charge in [-0.2, -0.15) is 5.26 Å². The SMILES string of the molecule is C#CCOc1ccccc1CNCCCCC#N. The number of nitriles is 1. The van der Waals surface area contributed by atoms with Gasteiger partial charge in [0.15, 0.2) is 0 Å². The van der Waals surface area contributed by atoms with Gasteiger partial charge in [0, 0.05) is 18.5 Å². The summed E-state index contributed by atoms with van der Waals surface area (Å²) in [5.41, 5.74) is 1.10. The Balaban J connectivity index is 2.33. The number of terminal acetylenes is 1. The molecule has 3 nitrogen and oxygen atoms in total. The minimum Gasteiger partial charge on any atom is -0.481 e. The molecule has 0 radical (unpaired) electrons. The molecule has 18 heavy (non-hydrogen) atoms. The third kappa shape index (κ3) is 5.39. The number of hydrogen-bond donors (Lipinski definition) is 1. The lowest BCUT2D eigenvalue weighted by Crippen LogP contribution is -2.15. The van der Waals surface area contributed by atoms with Crippen molar-refractivity contribution in [1.29, 1.82) is 5.26 Å². The zero-order chi connectivity index (χ0) is 13.1. The van der Waals surface area contributed by atoms with Crippen LogP contribution in [0.5, 0.6) is 5.75 Å². The van der Waals surface area contributed by atoms with E-state index in [0.29, 0.717) is 13.0 Å².